The average Bonchev–Trinajstić information content (AvgIpc) is 3.33. The summed E-state index contributed by atoms with van der Waals surface area (Å²) >= 11 is 0. The first-order valence-electron chi connectivity index (χ1n) is 31.2. The van der Waals surface area contributed by atoms with Crippen molar-refractivity contribution in [3.8, 4) is 0 Å². The van der Waals surface area contributed by atoms with E-state index in [9.17, 15) is 0 Å². The fourth-order valence-electron chi connectivity index (χ4n) is 10.5. The molecular formula is C40H114O19Si20. The molecule has 4 aliphatic rings. The van der Waals surface area contributed by atoms with E-state index in [1.807, 2.05) is 0 Å². The topological polar surface area (TPSA) is 175 Å². The van der Waals surface area contributed by atoms with Crippen LogP contribution in [0.2, 0.25) is 140 Å². The third-order valence-corrected chi connectivity index (χ3v) is 74.6. The zero-order chi connectivity index (χ0) is 57.5. The van der Waals surface area contributed by atoms with Crippen LogP contribution in [0.25, 0.3) is 0 Å². The van der Waals surface area contributed by atoms with Gasteiger partial charge in [-0.2, -0.15) is 0 Å². The zero-order valence-corrected chi connectivity index (χ0v) is 75.4. The van der Waals surface area contributed by atoms with Gasteiger partial charge >= 0.3 is 46.2 Å². The van der Waals surface area contributed by atoms with Gasteiger partial charge in [0.05, 0.1) is 0 Å². The lowest BCUT2D eigenvalue weighted by Crippen LogP contribution is -2.57. The average molecular weight is 1460 g/mol. The van der Waals surface area contributed by atoms with Crippen LogP contribution in [0.4, 0.5) is 0 Å². The van der Waals surface area contributed by atoms with E-state index in [0.29, 0.717) is 0 Å². The Bertz CT molecular complexity index is 1380. The van der Waals surface area contributed by atoms with Gasteiger partial charge in [-0.05, 0) is 146 Å². The largest absolute Gasteiger partial charge is 0.635 e. The maximum Gasteiger partial charge on any atom is 0.635 e. The molecule has 0 amide bonds. The molecule has 0 radical (unpaired) electrons. The minimum Gasteiger partial charge on any atom is -0.441 e. The molecule has 0 bridgehead atoms. The molecule has 0 N–H and O–H groups in total. The Labute approximate surface area is 515 Å². The van der Waals surface area contributed by atoms with Crippen molar-refractivity contribution < 1.29 is 78.5 Å². The Hall–Kier alpha value is 3.58. The number of hydrogen-bond donors (Lipinski definition) is 0. The fourth-order valence-corrected chi connectivity index (χ4v) is 74.1. The van der Waals surface area contributed by atoms with E-state index < -0.39 is 186 Å². The van der Waals surface area contributed by atoms with Gasteiger partial charge < -0.3 is 78.5 Å². The van der Waals surface area contributed by atoms with E-state index in [1.54, 1.807) is 0 Å². The SMILES string of the molecule is CC1C[SiH](C)O[SiH](C)O[SiH](CCCCCC[SiH2]O[Si](O[SiH2]CCCCCC[SiH]2O[SiH](C)O[SiH](C)O[SiH](C)O2)(O[SiH2]CCCCCC[SiH]2O[SiH](C)O[SiH](C)O[SiH](C)O2)O[Si](C)(C)CCCCCC[SiH]2O[SiH](C)O[SiH](C)O[SiH](C)O2)O1. The van der Waals surface area contributed by atoms with Crippen molar-refractivity contribution >= 4 is 186 Å². The van der Waals surface area contributed by atoms with Gasteiger partial charge in [-0.15, -0.1) is 0 Å². The van der Waals surface area contributed by atoms with Crippen molar-refractivity contribution in [2.24, 2.45) is 0 Å². The lowest BCUT2D eigenvalue weighted by atomic mass is 10.2. The van der Waals surface area contributed by atoms with Crippen molar-refractivity contribution in [2.75, 3.05) is 0 Å². The van der Waals surface area contributed by atoms with Crippen LogP contribution in [-0.2, 0) is 78.5 Å². The minimum atomic E-state index is -3.34. The highest BCUT2D eigenvalue weighted by Gasteiger charge is 2.48. The second-order valence-electron chi connectivity index (χ2n) is 22.8. The smallest absolute Gasteiger partial charge is 0.441 e. The molecule has 4 aliphatic heterocycles. The molecule has 19 nitrogen and oxygen atoms in total. The molecule has 0 aromatic rings. The Kier molecular flexibility index (Phi) is 41.1. The van der Waals surface area contributed by atoms with Crippen LogP contribution in [0.15, 0.2) is 0 Å². The highest BCUT2D eigenvalue weighted by atomic mass is 28.5. The van der Waals surface area contributed by atoms with Crippen molar-refractivity contribution in [1.82, 2.24) is 0 Å². The molecule has 0 saturated carbocycles. The van der Waals surface area contributed by atoms with Gasteiger partial charge in [0, 0.05) is 6.10 Å². The van der Waals surface area contributed by atoms with Crippen LogP contribution in [0.3, 0.4) is 0 Å². The molecule has 4 rings (SSSR count). The quantitative estimate of drug-likeness (QED) is 0.0653. The van der Waals surface area contributed by atoms with Crippen molar-refractivity contribution in [3.05, 3.63) is 0 Å². The zero-order valence-electron chi connectivity index (χ0n) is 51.8. The monoisotopic (exact) mass is 1460 g/mol. The molecule has 0 aliphatic carbocycles. The van der Waals surface area contributed by atoms with Gasteiger partial charge in [-0.1, -0.05) is 103 Å². The number of rotatable bonds is 36. The molecular weight excluding hydrogens is 1350 g/mol. The van der Waals surface area contributed by atoms with Gasteiger partial charge in [0.15, 0.2) is 46.6 Å². The van der Waals surface area contributed by atoms with Crippen molar-refractivity contribution in [1.29, 1.82) is 0 Å². The lowest BCUT2D eigenvalue weighted by molar-refractivity contribution is 0.165. The summed E-state index contributed by atoms with van der Waals surface area (Å²) in [5, 5.41) is 0. The van der Waals surface area contributed by atoms with Gasteiger partial charge in [-0.25, -0.2) is 0 Å². The van der Waals surface area contributed by atoms with Gasteiger partial charge in [0.1, 0.15) is 0 Å². The summed E-state index contributed by atoms with van der Waals surface area (Å²) in [5.74, 6) is 0. The maximum atomic E-state index is 7.42. The molecule has 0 spiro atoms. The Morgan fingerprint density at radius 1 is 0.354 bits per heavy atom. The molecule has 4 fully saturated rings. The third-order valence-electron chi connectivity index (χ3n) is 14.1. The third kappa shape index (κ3) is 36.1. The second kappa shape index (κ2) is 43.3. The van der Waals surface area contributed by atoms with Gasteiger partial charge in [0.25, 0.3) is 92.8 Å². The second-order valence-corrected chi connectivity index (χ2v) is 70.2. The van der Waals surface area contributed by atoms with Gasteiger partial charge in [-0.3, -0.25) is 0 Å². The molecule has 79 heavy (non-hydrogen) atoms. The summed E-state index contributed by atoms with van der Waals surface area (Å²) in [6.45, 7) is 30.5. The van der Waals surface area contributed by atoms with E-state index >= 15 is 0 Å². The highest BCUT2D eigenvalue weighted by Crippen LogP contribution is 2.27. The minimum absolute atomic E-state index is 0.265. The molecule has 4 saturated heterocycles. The molecule has 39 heteroatoms. The van der Waals surface area contributed by atoms with Crippen molar-refractivity contribution in [3.63, 3.8) is 0 Å². The maximum absolute atomic E-state index is 7.42. The van der Waals surface area contributed by atoms with Crippen molar-refractivity contribution in [2.45, 2.75) is 255 Å². The van der Waals surface area contributed by atoms with E-state index in [1.165, 1.54) is 57.8 Å². The van der Waals surface area contributed by atoms with E-state index in [4.69, 9.17) is 78.5 Å². The Balaban J connectivity index is 1.33. The summed E-state index contributed by atoms with van der Waals surface area (Å²) in [4.78, 5) is 0. The normalized spacial score (nSPS) is 34.3. The summed E-state index contributed by atoms with van der Waals surface area (Å²) in [6.07, 6.45) is 18.9. The van der Waals surface area contributed by atoms with E-state index in [0.717, 1.165) is 99.3 Å². The van der Waals surface area contributed by atoms with Crippen LogP contribution in [0, 0.1) is 0 Å². The lowest BCUT2D eigenvalue weighted by Gasteiger charge is -2.36. The molecule has 0 aromatic carbocycles. The Morgan fingerprint density at radius 3 is 0.987 bits per heavy atom. The molecule has 10 unspecified atom stereocenters. The summed E-state index contributed by atoms with van der Waals surface area (Å²) in [7, 11) is -33.0. The van der Waals surface area contributed by atoms with Gasteiger partial charge in [0.2, 0.25) is 0 Å². The van der Waals surface area contributed by atoms with E-state index in [2.05, 4.69) is 92.0 Å². The van der Waals surface area contributed by atoms with Crippen LogP contribution < -0.4 is 0 Å². The number of unbranched alkanes of at least 4 members (excludes halogenated alkanes) is 12. The molecule has 10 atom stereocenters. The summed E-state index contributed by atoms with van der Waals surface area (Å²) < 4.78 is 123. The summed E-state index contributed by atoms with van der Waals surface area (Å²) in [6, 6.07) is 9.63. The Morgan fingerprint density at radius 2 is 0.633 bits per heavy atom. The standard InChI is InChI=1S/C40H114O19Si20/c1-40-39-63(2)45-64(3)52-74(41-40)34-26-18-15-23-31-60-42-79(43-61-32-24-16-19-27-35-75-53-68(7)46-65(4)47-69(8)54-75,44-62-33-25-17-20-28-36-76-55-70(9)48-66(5)49-71(10)56-76)59-78(13,14)38-30-22-21-29-37-77-57-72(11)50-67(6)51-73(12)58-77/h40,63-77H,15-39,60-62H2,1-14H3. The first kappa shape index (κ1) is 75.0. The number of hydrogen-bond acceptors (Lipinski definition) is 19. The highest BCUT2D eigenvalue weighted by molar-refractivity contribution is 6.82. The first-order valence-corrected chi connectivity index (χ1v) is 71.1. The predicted molar refractivity (Wildman–Crippen MR) is 368 cm³/mol. The molecule has 0 aromatic heterocycles. The van der Waals surface area contributed by atoms with E-state index in [-0.39, 0.29) is 6.10 Å². The van der Waals surface area contributed by atoms with Crippen LogP contribution in [-0.4, -0.2) is 192 Å². The molecule has 468 valence electrons. The van der Waals surface area contributed by atoms with Crippen LogP contribution in [0.5, 0.6) is 0 Å². The van der Waals surface area contributed by atoms with Crippen LogP contribution >= 0.6 is 0 Å². The first-order chi connectivity index (χ1) is 37.7. The predicted octanol–water partition coefficient (Wildman–Crippen LogP) is 3.87. The molecule has 4 heterocycles. The summed E-state index contributed by atoms with van der Waals surface area (Å²) in [5.41, 5.74) is 0. The van der Waals surface area contributed by atoms with Crippen LogP contribution in [0.1, 0.15) is 110 Å². The fraction of sp³-hybridized carbons (Fsp3) is 1.00.